The van der Waals surface area contributed by atoms with Crippen LogP contribution in [0.25, 0.3) is 0 Å². The lowest BCUT2D eigenvalue weighted by Gasteiger charge is -2.22. The summed E-state index contributed by atoms with van der Waals surface area (Å²) in [5.41, 5.74) is 0.919. The molecule has 0 saturated heterocycles. The zero-order valence-electron chi connectivity index (χ0n) is 13.4. The van der Waals surface area contributed by atoms with Gasteiger partial charge in [-0.15, -0.1) is 0 Å². The average Bonchev–Trinajstić information content (AvgIpc) is 2.59. The average molecular weight is 308 g/mol. The van der Waals surface area contributed by atoms with E-state index >= 15 is 0 Å². The molecule has 0 radical (unpaired) electrons. The Kier molecular flexibility index (Phi) is 5.58. The van der Waals surface area contributed by atoms with Gasteiger partial charge in [-0.2, -0.15) is 0 Å². The van der Waals surface area contributed by atoms with Crippen LogP contribution in [0.1, 0.15) is 41.0 Å². The molecule has 0 unspecified atom stereocenters. The molecular formula is C20H20O3. The zero-order valence-corrected chi connectivity index (χ0v) is 13.4. The highest BCUT2D eigenvalue weighted by atomic mass is 16.2. The normalized spacial score (nSPS) is 12.0. The number of ketones is 3. The lowest BCUT2D eigenvalue weighted by molar-refractivity contribution is -0.121. The molecule has 118 valence electrons. The minimum Gasteiger partial charge on any atom is -0.300 e. The number of carbonyl (C=O) groups excluding carboxylic acids is 3. The van der Waals surface area contributed by atoms with Gasteiger partial charge >= 0.3 is 0 Å². The van der Waals surface area contributed by atoms with E-state index in [0.717, 1.165) is 0 Å². The van der Waals surface area contributed by atoms with Gasteiger partial charge in [0, 0.05) is 17.0 Å². The second-order valence-corrected chi connectivity index (χ2v) is 5.56. The van der Waals surface area contributed by atoms with Crippen molar-refractivity contribution in [1.82, 2.24) is 0 Å². The van der Waals surface area contributed by atoms with E-state index < -0.39 is 11.8 Å². The van der Waals surface area contributed by atoms with Crippen molar-refractivity contribution in [2.75, 3.05) is 0 Å². The van der Waals surface area contributed by atoms with Gasteiger partial charge in [0.15, 0.2) is 11.6 Å². The van der Waals surface area contributed by atoms with Gasteiger partial charge in [0.05, 0.1) is 5.92 Å². The summed E-state index contributed by atoms with van der Waals surface area (Å²) in [5, 5.41) is 0. The van der Waals surface area contributed by atoms with E-state index in [0.29, 0.717) is 17.5 Å². The molecule has 0 heterocycles. The number of Topliss-reactive ketones (excluding diaryl/α,β-unsaturated/α-hetero) is 3. The molecule has 0 fully saturated rings. The number of carbonyl (C=O) groups is 3. The molecule has 2 aromatic rings. The molecule has 0 amide bonds. The van der Waals surface area contributed by atoms with Crippen molar-refractivity contribution in [3.63, 3.8) is 0 Å². The maximum absolute atomic E-state index is 12.9. The molecule has 0 aromatic heterocycles. The molecule has 2 rings (SSSR count). The van der Waals surface area contributed by atoms with Crippen LogP contribution in [-0.2, 0) is 4.79 Å². The predicted octanol–water partition coefficient (Wildman–Crippen LogP) is 3.98. The fraction of sp³-hybridized carbons (Fsp3) is 0.250. The van der Waals surface area contributed by atoms with Crippen molar-refractivity contribution in [3.8, 4) is 0 Å². The largest absolute Gasteiger partial charge is 0.300 e. The van der Waals surface area contributed by atoms with Crippen molar-refractivity contribution in [2.24, 2.45) is 11.8 Å². The molecule has 0 spiro atoms. The SMILES string of the molecule is CC[C@H](C(C)=O)C(C(=O)c1ccccc1)C(=O)c1ccccc1. The van der Waals surface area contributed by atoms with E-state index in [-0.39, 0.29) is 17.3 Å². The van der Waals surface area contributed by atoms with Gasteiger partial charge in [-0.3, -0.25) is 14.4 Å². The summed E-state index contributed by atoms with van der Waals surface area (Å²) < 4.78 is 0. The highest BCUT2D eigenvalue weighted by molar-refractivity contribution is 6.18. The summed E-state index contributed by atoms with van der Waals surface area (Å²) in [6, 6.07) is 17.4. The molecule has 0 aliphatic carbocycles. The van der Waals surface area contributed by atoms with Crippen LogP contribution >= 0.6 is 0 Å². The van der Waals surface area contributed by atoms with E-state index in [2.05, 4.69) is 0 Å². The van der Waals surface area contributed by atoms with Gasteiger partial charge in [0.2, 0.25) is 0 Å². The summed E-state index contributed by atoms with van der Waals surface area (Å²) in [4.78, 5) is 37.8. The number of rotatable bonds is 7. The Balaban J connectivity index is 2.46. The van der Waals surface area contributed by atoms with Crippen LogP contribution < -0.4 is 0 Å². The second-order valence-electron chi connectivity index (χ2n) is 5.56. The first-order valence-electron chi connectivity index (χ1n) is 7.75. The molecule has 1 atom stereocenters. The Morgan fingerprint density at radius 1 is 0.783 bits per heavy atom. The van der Waals surface area contributed by atoms with Crippen LogP contribution in [0.3, 0.4) is 0 Å². The maximum atomic E-state index is 12.9. The Morgan fingerprint density at radius 2 is 1.17 bits per heavy atom. The van der Waals surface area contributed by atoms with Gasteiger partial charge in [-0.05, 0) is 13.3 Å². The standard InChI is InChI=1S/C20H20O3/c1-3-17(14(2)21)18(19(22)15-10-6-4-7-11-15)20(23)16-12-8-5-9-13-16/h4-13,17-18H,3H2,1-2H3/t17-/m1/s1. The smallest absolute Gasteiger partial charge is 0.174 e. The van der Waals surface area contributed by atoms with Crippen LogP contribution in [0.5, 0.6) is 0 Å². The second kappa shape index (κ2) is 7.63. The third-order valence-corrected chi connectivity index (χ3v) is 4.05. The van der Waals surface area contributed by atoms with Gasteiger partial charge < -0.3 is 0 Å². The number of benzene rings is 2. The van der Waals surface area contributed by atoms with Crippen LogP contribution in [0.2, 0.25) is 0 Å². The van der Waals surface area contributed by atoms with Crippen molar-refractivity contribution in [2.45, 2.75) is 20.3 Å². The van der Waals surface area contributed by atoms with Gasteiger partial charge in [-0.25, -0.2) is 0 Å². The zero-order chi connectivity index (χ0) is 16.8. The maximum Gasteiger partial charge on any atom is 0.174 e. The third-order valence-electron chi connectivity index (χ3n) is 4.05. The first-order chi connectivity index (χ1) is 11.1. The van der Waals surface area contributed by atoms with Gasteiger partial charge in [-0.1, -0.05) is 67.6 Å². The van der Waals surface area contributed by atoms with Gasteiger partial charge in [0.25, 0.3) is 0 Å². The molecule has 0 bridgehead atoms. The Hall–Kier alpha value is -2.55. The third kappa shape index (κ3) is 3.81. The quantitative estimate of drug-likeness (QED) is 0.574. The molecule has 0 aliphatic rings. The molecule has 3 nitrogen and oxygen atoms in total. The topological polar surface area (TPSA) is 51.2 Å². The van der Waals surface area contributed by atoms with E-state index in [9.17, 15) is 14.4 Å². The van der Waals surface area contributed by atoms with E-state index in [1.165, 1.54) is 6.92 Å². The molecular weight excluding hydrogens is 288 g/mol. The molecule has 0 aliphatic heterocycles. The highest BCUT2D eigenvalue weighted by Crippen LogP contribution is 2.26. The van der Waals surface area contributed by atoms with E-state index in [4.69, 9.17) is 0 Å². The molecule has 3 heteroatoms. The van der Waals surface area contributed by atoms with Crippen LogP contribution in [0.4, 0.5) is 0 Å². The van der Waals surface area contributed by atoms with Crippen molar-refractivity contribution in [3.05, 3.63) is 71.8 Å². The molecule has 2 aromatic carbocycles. The predicted molar refractivity (Wildman–Crippen MR) is 89.5 cm³/mol. The summed E-state index contributed by atoms with van der Waals surface area (Å²) >= 11 is 0. The summed E-state index contributed by atoms with van der Waals surface area (Å²) in [7, 11) is 0. The van der Waals surface area contributed by atoms with Crippen LogP contribution in [-0.4, -0.2) is 17.3 Å². The first kappa shape index (κ1) is 16.8. The van der Waals surface area contributed by atoms with Crippen molar-refractivity contribution in [1.29, 1.82) is 0 Å². The van der Waals surface area contributed by atoms with Gasteiger partial charge in [0.1, 0.15) is 5.78 Å². The molecule has 0 N–H and O–H groups in total. The first-order valence-corrected chi connectivity index (χ1v) is 7.75. The van der Waals surface area contributed by atoms with Crippen molar-refractivity contribution >= 4 is 17.3 Å². The fourth-order valence-electron chi connectivity index (χ4n) is 2.81. The lowest BCUT2D eigenvalue weighted by atomic mass is 9.77. The van der Waals surface area contributed by atoms with E-state index in [1.54, 1.807) is 48.5 Å². The lowest BCUT2D eigenvalue weighted by Crippen LogP contribution is -2.35. The molecule has 23 heavy (non-hydrogen) atoms. The van der Waals surface area contributed by atoms with Crippen LogP contribution in [0.15, 0.2) is 60.7 Å². The number of hydrogen-bond acceptors (Lipinski definition) is 3. The molecule has 0 saturated carbocycles. The minimum absolute atomic E-state index is 0.133. The minimum atomic E-state index is -0.970. The summed E-state index contributed by atoms with van der Waals surface area (Å²) in [6.07, 6.45) is 0.456. The Morgan fingerprint density at radius 3 is 1.48 bits per heavy atom. The monoisotopic (exact) mass is 308 g/mol. The summed E-state index contributed by atoms with van der Waals surface area (Å²) in [5.74, 6) is -2.29. The number of hydrogen-bond donors (Lipinski definition) is 0. The fourth-order valence-corrected chi connectivity index (χ4v) is 2.81. The van der Waals surface area contributed by atoms with E-state index in [1.807, 2.05) is 19.1 Å². The Bertz CT molecular complexity index is 638. The summed E-state index contributed by atoms with van der Waals surface area (Å²) in [6.45, 7) is 3.27. The highest BCUT2D eigenvalue weighted by Gasteiger charge is 2.37. The Labute approximate surface area is 136 Å². The van der Waals surface area contributed by atoms with Crippen molar-refractivity contribution < 1.29 is 14.4 Å². The van der Waals surface area contributed by atoms with Crippen LogP contribution in [0, 0.1) is 11.8 Å².